The van der Waals surface area contributed by atoms with E-state index in [2.05, 4.69) is 14.8 Å². The molecule has 0 spiro atoms. The summed E-state index contributed by atoms with van der Waals surface area (Å²) in [4.78, 5) is 7.09. The third-order valence-corrected chi connectivity index (χ3v) is 1.05. The second kappa shape index (κ2) is 6.62. The maximum absolute atomic E-state index is 2.36. The van der Waals surface area contributed by atoms with Crippen molar-refractivity contribution < 1.29 is 0 Å². The predicted octanol–water partition coefficient (Wildman–Crippen LogP) is 3.12. The van der Waals surface area contributed by atoms with Crippen LogP contribution in [0.3, 0.4) is 0 Å². The predicted molar refractivity (Wildman–Crippen MR) is 47.7 cm³/mol. The zero-order chi connectivity index (χ0) is 7.11. The van der Waals surface area contributed by atoms with E-state index in [4.69, 9.17) is 0 Å². The second-order valence-electron chi connectivity index (χ2n) is 2.29. The fraction of sp³-hybridized carbons (Fsp3) is 0.429. The van der Waals surface area contributed by atoms with Gasteiger partial charge in [0, 0.05) is 0 Å². The summed E-state index contributed by atoms with van der Waals surface area (Å²) < 4.78 is 0. The second-order valence-corrected chi connectivity index (χ2v) is 11.7. The summed E-state index contributed by atoms with van der Waals surface area (Å²) in [5.74, 6) is 0. The van der Waals surface area contributed by atoms with Gasteiger partial charge in [0.15, 0.2) is 0 Å². The molecule has 51 valence electrons. The molecule has 0 bridgehead atoms. The minimum absolute atomic E-state index is 0.543. The Kier molecular flexibility index (Phi) is 6.98. The molecule has 0 unspecified atom stereocenters. The molecule has 0 aliphatic heterocycles. The molecular weight excluding hydrogens is 235 g/mol. The van der Waals surface area contributed by atoms with E-state index in [1.807, 2.05) is 22.9 Å². The van der Waals surface area contributed by atoms with E-state index < -0.39 is 19.8 Å². The minimum Gasteiger partial charge on any atom is -0.152 e. The molecule has 0 aromatic carbocycles. The van der Waals surface area contributed by atoms with Crippen LogP contribution in [0.2, 0.25) is 14.8 Å². The zero-order valence-corrected chi connectivity index (χ0v) is 9.89. The summed E-state index contributed by atoms with van der Waals surface area (Å²) in [6, 6.07) is 4.04. The van der Waals surface area contributed by atoms with Gasteiger partial charge in [0.2, 0.25) is 0 Å². The molecule has 0 nitrogen and oxygen atoms in total. The monoisotopic (exact) mass is 249 g/mol. The molecule has 0 amide bonds. The average molecular weight is 248 g/mol. The van der Waals surface area contributed by atoms with Crippen LogP contribution in [0.5, 0.6) is 0 Å². The summed E-state index contributed by atoms with van der Waals surface area (Å²) in [5, 5.41) is 4.08. The average Bonchev–Trinajstić information content (AvgIpc) is 2.11. The summed E-state index contributed by atoms with van der Waals surface area (Å²) >= 11 is 1.17. The van der Waals surface area contributed by atoms with Crippen molar-refractivity contribution in [3.8, 4) is 0 Å². The first-order valence-corrected chi connectivity index (χ1v) is 12.5. The van der Waals surface area contributed by atoms with Crippen LogP contribution in [0.1, 0.15) is 0 Å². The third kappa shape index (κ3) is 11.9. The number of hydrogen-bond acceptors (Lipinski definition) is 1. The van der Waals surface area contributed by atoms with Gasteiger partial charge >= 0.3 is 34.6 Å². The fourth-order valence-corrected chi connectivity index (χ4v) is 0.680. The molecular formula is C7H13SSn. The van der Waals surface area contributed by atoms with E-state index in [-0.39, 0.29) is 0 Å². The number of rotatable bonds is 0. The van der Waals surface area contributed by atoms with Gasteiger partial charge in [-0.1, -0.05) is 12.1 Å². The molecule has 0 atom stereocenters. The molecule has 0 fully saturated rings. The summed E-state index contributed by atoms with van der Waals surface area (Å²) in [5.41, 5.74) is 0. The molecule has 2 heteroatoms. The molecule has 0 aliphatic rings. The Morgan fingerprint density at radius 2 is 1.33 bits per heavy atom. The Balaban J connectivity index is 0.000000148. The van der Waals surface area contributed by atoms with Crippen LogP contribution in [-0.4, -0.2) is 19.8 Å². The maximum atomic E-state index is 2.36. The van der Waals surface area contributed by atoms with E-state index in [0.29, 0.717) is 0 Å². The van der Waals surface area contributed by atoms with E-state index in [1.165, 1.54) is 0 Å². The van der Waals surface area contributed by atoms with E-state index in [1.54, 1.807) is 11.3 Å². The van der Waals surface area contributed by atoms with Crippen LogP contribution in [0, 0.1) is 0 Å². The van der Waals surface area contributed by atoms with Crippen molar-refractivity contribution in [3.63, 3.8) is 0 Å². The Hall–Kier alpha value is 0.499. The molecule has 0 saturated carbocycles. The fourth-order valence-electron chi connectivity index (χ4n) is 0.227. The smallest absolute Gasteiger partial charge is 0.00934 e. The van der Waals surface area contributed by atoms with Gasteiger partial charge in [-0.05, 0) is 10.8 Å². The van der Waals surface area contributed by atoms with E-state index in [0.717, 1.165) is 0 Å². The van der Waals surface area contributed by atoms with Gasteiger partial charge in [-0.25, -0.2) is 0 Å². The van der Waals surface area contributed by atoms with Crippen molar-refractivity contribution in [1.29, 1.82) is 0 Å². The van der Waals surface area contributed by atoms with Crippen LogP contribution in [0.4, 0.5) is 0 Å². The van der Waals surface area contributed by atoms with Crippen molar-refractivity contribution in [2.75, 3.05) is 0 Å². The molecule has 9 heavy (non-hydrogen) atoms. The van der Waals surface area contributed by atoms with Gasteiger partial charge < -0.3 is 0 Å². The number of thiophene rings is 1. The van der Waals surface area contributed by atoms with Crippen molar-refractivity contribution in [2.45, 2.75) is 14.8 Å². The molecule has 1 rings (SSSR count). The molecule has 1 aromatic heterocycles. The van der Waals surface area contributed by atoms with Gasteiger partial charge in [0.05, 0.1) is 0 Å². The molecule has 1 aromatic rings. The van der Waals surface area contributed by atoms with Crippen LogP contribution in [0.15, 0.2) is 22.9 Å². The SMILES string of the molecule is [CH3][Sn]([CH3])[CH3].c1ccsc1. The first-order valence-electron chi connectivity index (χ1n) is 2.97. The minimum atomic E-state index is -0.543. The topological polar surface area (TPSA) is 0 Å². The molecule has 1 radical (unpaired) electrons. The third-order valence-electron chi connectivity index (χ3n) is 0.425. The maximum Gasteiger partial charge on any atom is -0.00934 e. The molecule has 0 aliphatic carbocycles. The van der Waals surface area contributed by atoms with E-state index in [9.17, 15) is 0 Å². The van der Waals surface area contributed by atoms with Crippen molar-refractivity contribution >= 4 is 31.1 Å². The summed E-state index contributed by atoms with van der Waals surface area (Å²) in [6.45, 7) is 0. The largest absolute Gasteiger partial charge is 0.152 e. The normalized spacial score (nSPS) is 8.44. The Morgan fingerprint density at radius 1 is 1.00 bits per heavy atom. The quantitative estimate of drug-likeness (QED) is 0.618. The van der Waals surface area contributed by atoms with Crippen LogP contribution < -0.4 is 0 Å². The van der Waals surface area contributed by atoms with Crippen LogP contribution in [-0.2, 0) is 0 Å². The van der Waals surface area contributed by atoms with E-state index >= 15 is 0 Å². The molecule has 0 N–H and O–H groups in total. The van der Waals surface area contributed by atoms with Crippen molar-refractivity contribution in [3.05, 3.63) is 22.9 Å². The molecule has 1 heterocycles. The van der Waals surface area contributed by atoms with Gasteiger partial charge in [0.25, 0.3) is 0 Å². The first-order chi connectivity index (χ1) is 4.23. The van der Waals surface area contributed by atoms with Crippen LogP contribution >= 0.6 is 11.3 Å². The summed E-state index contributed by atoms with van der Waals surface area (Å²) in [6.07, 6.45) is 0. The van der Waals surface area contributed by atoms with Crippen molar-refractivity contribution in [2.24, 2.45) is 0 Å². The van der Waals surface area contributed by atoms with Gasteiger partial charge in [0.1, 0.15) is 0 Å². The van der Waals surface area contributed by atoms with Crippen LogP contribution in [0.25, 0.3) is 0 Å². The van der Waals surface area contributed by atoms with Crippen molar-refractivity contribution in [1.82, 2.24) is 0 Å². The standard InChI is InChI=1S/C4H4S.3CH3.Sn/c1-2-4-5-3-1;;;;/h1-4H;3*1H3;. The van der Waals surface area contributed by atoms with Gasteiger partial charge in [-0.3, -0.25) is 0 Å². The number of hydrogen-bond donors (Lipinski definition) is 0. The Labute approximate surface area is 68.7 Å². The van der Waals surface area contributed by atoms with Gasteiger partial charge in [-0.2, -0.15) is 11.3 Å². The summed E-state index contributed by atoms with van der Waals surface area (Å²) in [7, 11) is 0. The molecule has 0 saturated heterocycles. The Bertz CT molecular complexity index is 92.5. The zero-order valence-electron chi connectivity index (χ0n) is 6.22. The first kappa shape index (κ1) is 9.50. The van der Waals surface area contributed by atoms with Gasteiger partial charge in [-0.15, -0.1) is 0 Å². The Morgan fingerprint density at radius 3 is 1.44 bits per heavy atom.